The number of hydrogen-bond donors (Lipinski definition) is 1. The molecule has 0 saturated carbocycles. The van der Waals surface area contributed by atoms with Crippen molar-refractivity contribution in [3.05, 3.63) is 17.8 Å². The lowest BCUT2D eigenvalue weighted by atomic mass is 9.97. The normalized spacial score (nSPS) is 16.6. The maximum Gasteiger partial charge on any atom is 0.150 e. The van der Waals surface area contributed by atoms with Gasteiger partial charge in [0.05, 0.1) is 10.2 Å². The van der Waals surface area contributed by atoms with Gasteiger partial charge in [0.25, 0.3) is 0 Å². The van der Waals surface area contributed by atoms with E-state index in [1.54, 1.807) is 17.7 Å². The summed E-state index contributed by atoms with van der Waals surface area (Å²) in [6.07, 6.45) is 5.41. The van der Waals surface area contributed by atoms with E-state index in [0.717, 1.165) is 49.9 Å². The van der Waals surface area contributed by atoms with Crippen molar-refractivity contribution >= 4 is 27.4 Å². The smallest absolute Gasteiger partial charge is 0.150 e. The molecule has 0 spiro atoms. The van der Waals surface area contributed by atoms with Crippen molar-refractivity contribution in [1.82, 2.24) is 15.3 Å². The molecule has 1 aliphatic heterocycles. The molecule has 20 heavy (non-hydrogen) atoms. The number of aromatic nitrogens is 2. The Morgan fingerprint density at radius 1 is 1.35 bits per heavy atom. The number of thiophene rings is 1. The van der Waals surface area contributed by atoms with Gasteiger partial charge >= 0.3 is 0 Å². The summed E-state index contributed by atoms with van der Waals surface area (Å²) in [5.74, 6) is 1.91. The summed E-state index contributed by atoms with van der Waals surface area (Å²) in [6, 6.07) is 2.08. The van der Waals surface area contributed by atoms with Crippen molar-refractivity contribution in [2.45, 2.75) is 26.2 Å². The quantitative estimate of drug-likeness (QED) is 0.919. The second-order valence-electron chi connectivity index (χ2n) is 5.47. The van der Waals surface area contributed by atoms with Gasteiger partial charge < -0.3 is 10.2 Å². The minimum Gasteiger partial charge on any atom is -0.355 e. The van der Waals surface area contributed by atoms with E-state index >= 15 is 0 Å². The fraction of sp³-hybridized carbons (Fsp3) is 0.600. The molecule has 3 heterocycles. The van der Waals surface area contributed by atoms with E-state index in [0.29, 0.717) is 0 Å². The highest BCUT2D eigenvalue weighted by Gasteiger charge is 2.19. The Hall–Kier alpha value is -1.20. The van der Waals surface area contributed by atoms with E-state index in [1.807, 2.05) is 0 Å². The molecule has 3 rings (SSSR count). The van der Waals surface area contributed by atoms with Gasteiger partial charge in [-0.15, -0.1) is 11.3 Å². The molecule has 0 bridgehead atoms. The Labute approximate surface area is 124 Å². The Bertz CT molecular complexity index is 548. The molecule has 0 unspecified atom stereocenters. The fourth-order valence-corrected chi connectivity index (χ4v) is 3.79. The van der Waals surface area contributed by atoms with Crippen LogP contribution in [0.4, 0.5) is 5.82 Å². The van der Waals surface area contributed by atoms with Crippen LogP contribution in [0.25, 0.3) is 10.2 Å². The van der Waals surface area contributed by atoms with Gasteiger partial charge in [0.15, 0.2) is 0 Å². The molecular weight excluding hydrogens is 268 g/mol. The Morgan fingerprint density at radius 3 is 3.00 bits per heavy atom. The highest BCUT2D eigenvalue weighted by Crippen LogP contribution is 2.29. The summed E-state index contributed by atoms with van der Waals surface area (Å²) in [5, 5.41) is 5.55. The molecule has 1 N–H and O–H groups in total. The van der Waals surface area contributed by atoms with E-state index < -0.39 is 0 Å². The maximum absolute atomic E-state index is 4.57. The van der Waals surface area contributed by atoms with Crippen LogP contribution in [0.5, 0.6) is 0 Å². The maximum atomic E-state index is 4.57. The summed E-state index contributed by atoms with van der Waals surface area (Å²) in [7, 11) is 0. The first-order valence-electron chi connectivity index (χ1n) is 7.52. The Kier molecular flexibility index (Phi) is 4.47. The minimum atomic E-state index is 0.785. The monoisotopic (exact) mass is 290 g/mol. The van der Waals surface area contributed by atoms with Gasteiger partial charge in [0.2, 0.25) is 0 Å². The predicted molar refractivity (Wildman–Crippen MR) is 85.5 cm³/mol. The topological polar surface area (TPSA) is 41.0 Å². The SMILES string of the molecule is CCCN(CC1CCNCC1)c1ncnc2ccsc12. The highest BCUT2D eigenvalue weighted by molar-refractivity contribution is 7.17. The first-order valence-corrected chi connectivity index (χ1v) is 8.40. The van der Waals surface area contributed by atoms with Gasteiger partial charge in [-0.1, -0.05) is 6.92 Å². The lowest BCUT2D eigenvalue weighted by Gasteiger charge is -2.30. The number of fused-ring (bicyclic) bond motifs is 1. The summed E-state index contributed by atoms with van der Waals surface area (Å²) in [5.41, 5.74) is 1.08. The average molecular weight is 290 g/mol. The van der Waals surface area contributed by atoms with Crippen LogP contribution in [0.1, 0.15) is 26.2 Å². The van der Waals surface area contributed by atoms with Gasteiger partial charge in [-0.05, 0) is 49.7 Å². The molecule has 1 aliphatic rings. The van der Waals surface area contributed by atoms with Crippen molar-refractivity contribution in [3.8, 4) is 0 Å². The van der Waals surface area contributed by atoms with E-state index in [4.69, 9.17) is 0 Å². The molecule has 2 aromatic heterocycles. The molecule has 1 fully saturated rings. The third-order valence-corrected chi connectivity index (χ3v) is 4.85. The third kappa shape index (κ3) is 2.94. The van der Waals surface area contributed by atoms with Crippen molar-refractivity contribution in [1.29, 1.82) is 0 Å². The van der Waals surface area contributed by atoms with Crippen molar-refractivity contribution < 1.29 is 0 Å². The zero-order valence-corrected chi connectivity index (χ0v) is 12.8. The zero-order valence-electron chi connectivity index (χ0n) is 12.0. The number of anilines is 1. The number of nitrogens with zero attached hydrogens (tertiary/aromatic N) is 3. The van der Waals surface area contributed by atoms with Crippen LogP contribution in [-0.4, -0.2) is 36.1 Å². The molecule has 0 radical (unpaired) electrons. The number of piperidine rings is 1. The molecular formula is C15H22N4S. The zero-order chi connectivity index (χ0) is 13.8. The second-order valence-corrected chi connectivity index (χ2v) is 6.39. The minimum absolute atomic E-state index is 0.785. The Balaban J connectivity index is 1.83. The van der Waals surface area contributed by atoms with Crippen molar-refractivity contribution in [2.24, 2.45) is 5.92 Å². The molecule has 0 aromatic carbocycles. The number of rotatable bonds is 5. The molecule has 4 nitrogen and oxygen atoms in total. The van der Waals surface area contributed by atoms with E-state index in [9.17, 15) is 0 Å². The standard InChI is InChI=1S/C15H22N4S/c1-2-8-19(10-12-3-6-16-7-4-12)15-14-13(5-9-20-14)17-11-18-15/h5,9,11-12,16H,2-4,6-8,10H2,1H3. The lowest BCUT2D eigenvalue weighted by Crippen LogP contribution is -2.37. The van der Waals surface area contributed by atoms with Crippen LogP contribution in [0.15, 0.2) is 17.8 Å². The van der Waals surface area contributed by atoms with Gasteiger partial charge in [-0.3, -0.25) is 0 Å². The molecule has 1 saturated heterocycles. The third-order valence-electron chi connectivity index (χ3n) is 3.95. The first kappa shape index (κ1) is 13.8. The number of nitrogens with one attached hydrogen (secondary N) is 1. The van der Waals surface area contributed by atoms with Gasteiger partial charge in [-0.25, -0.2) is 9.97 Å². The van der Waals surface area contributed by atoms with Crippen LogP contribution >= 0.6 is 11.3 Å². The van der Waals surface area contributed by atoms with E-state index in [2.05, 4.69) is 38.6 Å². The van der Waals surface area contributed by atoms with Crippen molar-refractivity contribution in [3.63, 3.8) is 0 Å². The van der Waals surface area contributed by atoms with E-state index in [-0.39, 0.29) is 0 Å². The van der Waals surface area contributed by atoms with Gasteiger partial charge in [0.1, 0.15) is 12.1 Å². The highest BCUT2D eigenvalue weighted by atomic mass is 32.1. The molecule has 2 aromatic rings. The average Bonchev–Trinajstić information content (AvgIpc) is 2.96. The van der Waals surface area contributed by atoms with Crippen LogP contribution < -0.4 is 10.2 Å². The fourth-order valence-electron chi connectivity index (χ4n) is 2.93. The molecule has 108 valence electrons. The van der Waals surface area contributed by atoms with Crippen LogP contribution in [0.2, 0.25) is 0 Å². The summed E-state index contributed by atoms with van der Waals surface area (Å²) in [6.45, 7) is 6.75. The van der Waals surface area contributed by atoms with Crippen molar-refractivity contribution in [2.75, 3.05) is 31.1 Å². The first-order chi connectivity index (χ1) is 9.88. The molecule has 0 amide bonds. The molecule has 0 aliphatic carbocycles. The van der Waals surface area contributed by atoms with E-state index in [1.165, 1.54) is 17.5 Å². The summed E-state index contributed by atoms with van der Waals surface area (Å²) in [4.78, 5) is 11.4. The molecule has 0 atom stereocenters. The predicted octanol–water partition coefficient (Wildman–Crippen LogP) is 2.91. The van der Waals surface area contributed by atoms with Gasteiger partial charge in [0, 0.05) is 13.1 Å². The molecule has 5 heteroatoms. The van der Waals surface area contributed by atoms with Crippen LogP contribution in [-0.2, 0) is 0 Å². The largest absolute Gasteiger partial charge is 0.355 e. The number of hydrogen-bond acceptors (Lipinski definition) is 5. The van der Waals surface area contributed by atoms with Crippen LogP contribution in [0.3, 0.4) is 0 Å². The second kappa shape index (κ2) is 6.50. The summed E-state index contributed by atoms with van der Waals surface area (Å²) < 4.78 is 1.23. The van der Waals surface area contributed by atoms with Gasteiger partial charge in [-0.2, -0.15) is 0 Å². The summed E-state index contributed by atoms with van der Waals surface area (Å²) >= 11 is 1.75. The van der Waals surface area contributed by atoms with Crippen LogP contribution in [0, 0.1) is 5.92 Å². The Morgan fingerprint density at radius 2 is 2.20 bits per heavy atom. The lowest BCUT2D eigenvalue weighted by molar-refractivity contribution is 0.373.